The van der Waals surface area contributed by atoms with Crippen molar-refractivity contribution in [1.82, 2.24) is 14.9 Å². The molecule has 4 rings (SSSR count). The highest BCUT2D eigenvalue weighted by atomic mass is 32.2. The molecule has 1 saturated heterocycles. The highest BCUT2D eigenvalue weighted by Crippen LogP contribution is 2.29. The summed E-state index contributed by atoms with van der Waals surface area (Å²) in [6.45, 7) is 3.60. The summed E-state index contributed by atoms with van der Waals surface area (Å²) in [7, 11) is 0. The van der Waals surface area contributed by atoms with Crippen molar-refractivity contribution in [2.75, 3.05) is 47.2 Å². The molecule has 0 unspecified atom stereocenters. The zero-order valence-electron chi connectivity index (χ0n) is 21.5. The highest BCUT2D eigenvalue weighted by Gasteiger charge is 2.28. The number of rotatable bonds is 8. The number of ether oxygens (including phenoxy) is 1. The average Bonchev–Trinajstić information content (AvgIpc) is 3.11. The molecule has 200 valence electrons. The Morgan fingerprint density at radius 3 is 2.92 bits per heavy atom. The van der Waals surface area contributed by atoms with Gasteiger partial charge in [-0.2, -0.15) is 17.0 Å². The van der Waals surface area contributed by atoms with Crippen LogP contribution in [-0.2, 0) is 17.7 Å². The number of hydrogen-bond donors (Lipinski definition) is 2. The Balaban J connectivity index is 1.55. The monoisotopic (exact) mass is 537 g/mol. The first-order chi connectivity index (χ1) is 18.4. The van der Waals surface area contributed by atoms with Crippen LogP contribution in [0.15, 0.2) is 18.3 Å². The summed E-state index contributed by atoms with van der Waals surface area (Å²) in [5, 5.41) is 15.6. The Kier molecular flexibility index (Phi) is 9.02. The molecule has 0 radical (unpaired) electrons. The number of nitriles is 1. The predicted molar refractivity (Wildman–Crippen MR) is 146 cm³/mol. The standard InChI is InChI=1S/C26H31N7O4S/c1-17(16-38-2)29-21-11-23(28-13-20(21)12-27)31-25(35)33-8-5-6-18-10-19(22(15-34)30-24(18)33)14-32-7-3-4-9-37-26(32)36/h10-11,13,15,17H,3-9,14,16H2,1-2H3,(H2,28,29,31,35)/t17-/m1/s1. The largest absolute Gasteiger partial charge is 0.449 e. The number of amides is 3. The van der Waals surface area contributed by atoms with Gasteiger partial charge in [0, 0.05) is 42.7 Å². The SMILES string of the molecule is CSC[C@@H](C)Nc1cc(NC(=O)N2CCCc3cc(CN4CCCCOC4=O)c(C=O)nc32)ncc1C#N. The van der Waals surface area contributed by atoms with Crippen LogP contribution in [0.1, 0.15) is 53.4 Å². The van der Waals surface area contributed by atoms with E-state index in [2.05, 4.69) is 26.7 Å². The van der Waals surface area contributed by atoms with Crippen LogP contribution in [0.4, 0.5) is 26.9 Å². The van der Waals surface area contributed by atoms with E-state index < -0.39 is 12.1 Å². The van der Waals surface area contributed by atoms with Crippen LogP contribution in [0.25, 0.3) is 0 Å². The maximum Gasteiger partial charge on any atom is 0.410 e. The van der Waals surface area contributed by atoms with Gasteiger partial charge in [-0.15, -0.1) is 0 Å². The molecule has 1 atom stereocenters. The quantitative estimate of drug-likeness (QED) is 0.477. The number of nitrogens with one attached hydrogen (secondary N) is 2. The van der Waals surface area contributed by atoms with Gasteiger partial charge >= 0.3 is 12.1 Å². The van der Waals surface area contributed by atoms with Crippen molar-refractivity contribution in [1.29, 1.82) is 5.26 Å². The molecule has 3 amide bonds. The summed E-state index contributed by atoms with van der Waals surface area (Å²) in [4.78, 5) is 49.4. The lowest BCUT2D eigenvalue weighted by Gasteiger charge is -2.29. The molecule has 0 aromatic carbocycles. The molecule has 38 heavy (non-hydrogen) atoms. The Hall–Kier alpha value is -3.85. The Morgan fingerprint density at radius 1 is 1.32 bits per heavy atom. The van der Waals surface area contributed by atoms with Crippen LogP contribution < -0.4 is 15.5 Å². The van der Waals surface area contributed by atoms with Gasteiger partial charge in [0.1, 0.15) is 23.4 Å². The molecule has 2 aromatic heterocycles. The van der Waals surface area contributed by atoms with E-state index in [0.29, 0.717) is 67.3 Å². The second-order valence-corrected chi connectivity index (χ2v) is 10.2. The number of carbonyl (C=O) groups is 3. The molecule has 2 aromatic rings. The molecule has 1 fully saturated rings. The van der Waals surface area contributed by atoms with E-state index in [1.54, 1.807) is 22.7 Å². The fraction of sp³-hybridized carbons (Fsp3) is 0.462. The number of urea groups is 1. The topological polar surface area (TPSA) is 141 Å². The first-order valence-corrected chi connectivity index (χ1v) is 14.0. The van der Waals surface area contributed by atoms with Crippen LogP contribution in [0.2, 0.25) is 0 Å². The lowest BCUT2D eigenvalue weighted by molar-refractivity contribution is 0.109. The van der Waals surface area contributed by atoms with E-state index in [0.717, 1.165) is 24.2 Å². The fourth-order valence-corrected chi connectivity index (χ4v) is 5.13. The lowest BCUT2D eigenvalue weighted by Crippen LogP contribution is -2.40. The molecule has 4 heterocycles. The van der Waals surface area contributed by atoms with Crippen molar-refractivity contribution >= 4 is 47.5 Å². The van der Waals surface area contributed by atoms with Crippen molar-refractivity contribution in [3.05, 3.63) is 40.7 Å². The summed E-state index contributed by atoms with van der Waals surface area (Å²) in [5.74, 6) is 1.57. The number of aromatic nitrogens is 2. The fourth-order valence-electron chi connectivity index (χ4n) is 4.55. The van der Waals surface area contributed by atoms with Gasteiger partial charge in [-0.3, -0.25) is 15.0 Å². The molecule has 2 N–H and O–H groups in total. The van der Waals surface area contributed by atoms with E-state index in [4.69, 9.17) is 4.74 Å². The van der Waals surface area contributed by atoms with E-state index >= 15 is 0 Å². The molecular weight excluding hydrogens is 506 g/mol. The summed E-state index contributed by atoms with van der Waals surface area (Å²) in [5.41, 5.74) is 2.63. The van der Waals surface area contributed by atoms with Crippen LogP contribution in [0.3, 0.4) is 0 Å². The molecule has 0 spiro atoms. The van der Waals surface area contributed by atoms with Gasteiger partial charge in [-0.05, 0) is 50.5 Å². The maximum atomic E-state index is 13.3. The minimum Gasteiger partial charge on any atom is -0.449 e. The van der Waals surface area contributed by atoms with E-state index in [1.807, 2.05) is 19.2 Å². The average molecular weight is 538 g/mol. The maximum absolute atomic E-state index is 13.3. The number of anilines is 3. The smallest absolute Gasteiger partial charge is 0.410 e. The van der Waals surface area contributed by atoms with Crippen LogP contribution in [0.5, 0.6) is 0 Å². The van der Waals surface area contributed by atoms with Gasteiger partial charge in [0.25, 0.3) is 0 Å². The Bertz CT molecular complexity index is 1250. The van der Waals surface area contributed by atoms with Crippen molar-refractivity contribution < 1.29 is 19.1 Å². The van der Waals surface area contributed by atoms with Crippen LogP contribution in [-0.4, -0.2) is 71.0 Å². The number of carbonyl (C=O) groups excluding carboxylic acids is 3. The van der Waals surface area contributed by atoms with Crippen molar-refractivity contribution in [2.45, 2.75) is 45.2 Å². The summed E-state index contributed by atoms with van der Waals surface area (Å²) >= 11 is 1.69. The van der Waals surface area contributed by atoms with Crippen LogP contribution >= 0.6 is 11.8 Å². The number of nitrogens with zero attached hydrogens (tertiary/aromatic N) is 5. The molecule has 2 aliphatic heterocycles. The third-order valence-corrected chi connectivity index (χ3v) is 7.21. The van der Waals surface area contributed by atoms with Crippen molar-refractivity contribution in [3.8, 4) is 6.07 Å². The summed E-state index contributed by atoms with van der Waals surface area (Å²) < 4.78 is 5.22. The predicted octanol–water partition coefficient (Wildman–Crippen LogP) is 4.04. The molecule has 0 bridgehead atoms. The molecule has 2 aliphatic rings. The molecule has 0 aliphatic carbocycles. The highest BCUT2D eigenvalue weighted by molar-refractivity contribution is 7.98. The second kappa shape index (κ2) is 12.6. The number of fused-ring (bicyclic) bond motifs is 1. The zero-order valence-corrected chi connectivity index (χ0v) is 22.3. The number of aryl methyl sites for hydroxylation is 1. The van der Waals surface area contributed by atoms with Crippen LogP contribution in [0, 0.1) is 11.3 Å². The third-order valence-electron chi connectivity index (χ3n) is 6.38. The minimum absolute atomic E-state index is 0.119. The number of thioether (sulfide) groups is 1. The third kappa shape index (κ3) is 6.34. The van der Waals surface area contributed by atoms with Gasteiger partial charge in [0.15, 0.2) is 6.29 Å². The Morgan fingerprint density at radius 2 is 2.16 bits per heavy atom. The Labute approximate surface area is 225 Å². The van der Waals surface area contributed by atoms with E-state index in [-0.39, 0.29) is 18.3 Å². The molecule has 12 heteroatoms. The number of aldehydes is 1. The summed E-state index contributed by atoms with van der Waals surface area (Å²) in [6, 6.07) is 5.32. The van der Waals surface area contributed by atoms with Gasteiger partial charge < -0.3 is 15.0 Å². The lowest BCUT2D eigenvalue weighted by atomic mass is 10.0. The molecule has 0 saturated carbocycles. The number of cyclic esters (lactones) is 1. The normalized spacial score (nSPS) is 16.0. The first-order valence-electron chi connectivity index (χ1n) is 12.6. The minimum atomic E-state index is -0.431. The van der Waals surface area contributed by atoms with Gasteiger partial charge in [-0.1, -0.05) is 0 Å². The van der Waals surface area contributed by atoms with E-state index in [1.165, 1.54) is 11.1 Å². The van der Waals surface area contributed by atoms with Crippen molar-refractivity contribution in [2.24, 2.45) is 0 Å². The van der Waals surface area contributed by atoms with Gasteiger partial charge in [-0.25, -0.2) is 19.6 Å². The van der Waals surface area contributed by atoms with E-state index in [9.17, 15) is 19.6 Å². The first kappa shape index (κ1) is 27.2. The molecule has 11 nitrogen and oxygen atoms in total. The zero-order chi connectivity index (χ0) is 27.1. The van der Waals surface area contributed by atoms with Crippen molar-refractivity contribution in [3.63, 3.8) is 0 Å². The second-order valence-electron chi connectivity index (χ2n) is 9.29. The van der Waals surface area contributed by atoms with Gasteiger partial charge in [0.05, 0.1) is 24.4 Å². The van der Waals surface area contributed by atoms with Gasteiger partial charge in [0.2, 0.25) is 0 Å². The molecular formula is C26H31N7O4S. The number of hydrogen-bond acceptors (Lipinski definition) is 9. The summed E-state index contributed by atoms with van der Waals surface area (Å²) in [6.07, 6.45) is 6.73. The number of pyridine rings is 2.